The largest absolute Gasteiger partial charge is 0.497 e. The van der Waals surface area contributed by atoms with Gasteiger partial charge in [0.1, 0.15) is 17.8 Å². The summed E-state index contributed by atoms with van der Waals surface area (Å²) in [7, 11) is 1.57. The van der Waals surface area contributed by atoms with Crippen molar-refractivity contribution in [1.82, 2.24) is 15.1 Å². The Bertz CT molecular complexity index is 1170. The third-order valence-electron chi connectivity index (χ3n) is 7.31. The summed E-state index contributed by atoms with van der Waals surface area (Å²) in [5.74, 6) is 1.38. The zero-order valence-electron chi connectivity index (χ0n) is 20.6. The first-order chi connectivity index (χ1) is 17.5. The lowest BCUT2D eigenvalue weighted by Crippen LogP contribution is -2.45. The lowest BCUT2D eigenvalue weighted by molar-refractivity contribution is -0.139. The van der Waals surface area contributed by atoms with Crippen molar-refractivity contribution in [3.05, 3.63) is 53.6 Å². The molecule has 3 heterocycles. The summed E-state index contributed by atoms with van der Waals surface area (Å²) in [5.41, 5.74) is 0.413. The predicted octanol–water partition coefficient (Wildman–Crippen LogP) is 3.38. The molecule has 0 spiro atoms. The molecule has 2 atom stereocenters. The van der Waals surface area contributed by atoms with Crippen LogP contribution in [0.3, 0.4) is 0 Å². The standard InChI is InChI=1S/C27H31N3O6/c1-3-27(19-8-10-20(34-2)11-9-19)25(32)30(26(33)28-27)17-24(31)29-13-4-6-21(29)18-7-12-22-23(16-18)36-15-5-14-35-22/h7-12,16,21H,3-6,13-15,17H2,1-2H3,(H,28,33)/t21-,27-/m0/s1. The number of hydrogen-bond donors (Lipinski definition) is 1. The molecule has 5 rings (SSSR count). The Morgan fingerprint density at radius 3 is 2.56 bits per heavy atom. The van der Waals surface area contributed by atoms with Crippen molar-refractivity contribution in [1.29, 1.82) is 0 Å². The minimum Gasteiger partial charge on any atom is -0.497 e. The highest BCUT2D eigenvalue weighted by atomic mass is 16.5. The topological polar surface area (TPSA) is 97.4 Å². The first-order valence-corrected chi connectivity index (χ1v) is 12.4. The maximum atomic E-state index is 13.5. The molecule has 9 nitrogen and oxygen atoms in total. The summed E-state index contributed by atoms with van der Waals surface area (Å²) in [4.78, 5) is 42.7. The van der Waals surface area contributed by atoms with E-state index in [0.717, 1.165) is 29.7 Å². The van der Waals surface area contributed by atoms with Gasteiger partial charge in [-0.2, -0.15) is 0 Å². The minimum absolute atomic E-state index is 0.145. The van der Waals surface area contributed by atoms with E-state index in [0.29, 0.717) is 49.0 Å². The molecular weight excluding hydrogens is 462 g/mol. The van der Waals surface area contributed by atoms with Crippen LogP contribution >= 0.6 is 0 Å². The number of carbonyl (C=O) groups is 3. The number of ether oxygens (including phenoxy) is 3. The summed E-state index contributed by atoms with van der Waals surface area (Å²) in [6, 6.07) is 12.1. The SMILES string of the molecule is CC[C@@]1(c2ccc(OC)cc2)NC(=O)N(CC(=O)N2CCC[C@H]2c2ccc3c(c2)OCCCO3)C1=O. The van der Waals surface area contributed by atoms with Gasteiger partial charge >= 0.3 is 6.03 Å². The number of benzene rings is 2. The molecule has 4 amide bonds. The van der Waals surface area contributed by atoms with Crippen molar-refractivity contribution >= 4 is 17.8 Å². The number of amides is 4. The Morgan fingerprint density at radius 2 is 1.83 bits per heavy atom. The Kier molecular flexibility index (Phi) is 6.47. The van der Waals surface area contributed by atoms with Gasteiger partial charge in [0.15, 0.2) is 11.5 Å². The highest BCUT2D eigenvalue weighted by Gasteiger charge is 2.52. The number of urea groups is 1. The molecule has 190 valence electrons. The Labute approximate surface area is 210 Å². The predicted molar refractivity (Wildman–Crippen MR) is 131 cm³/mol. The van der Waals surface area contributed by atoms with E-state index in [1.165, 1.54) is 0 Å². The molecule has 0 unspecified atom stereocenters. The molecule has 0 bridgehead atoms. The van der Waals surface area contributed by atoms with Gasteiger partial charge in [0.05, 0.1) is 26.4 Å². The Morgan fingerprint density at radius 1 is 1.08 bits per heavy atom. The van der Waals surface area contributed by atoms with E-state index < -0.39 is 17.5 Å². The van der Waals surface area contributed by atoms with E-state index in [4.69, 9.17) is 14.2 Å². The second kappa shape index (κ2) is 9.72. The molecule has 0 saturated carbocycles. The van der Waals surface area contributed by atoms with E-state index in [2.05, 4.69) is 5.32 Å². The molecule has 36 heavy (non-hydrogen) atoms. The number of fused-ring (bicyclic) bond motifs is 1. The number of rotatable bonds is 6. The van der Waals surface area contributed by atoms with Crippen LogP contribution in [0.4, 0.5) is 4.79 Å². The highest BCUT2D eigenvalue weighted by molar-refractivity contribution is 6.09. The fourth-order valence-corrected chi connectivity index (χ4v) is 5.31. The lowest BCUT2D eigenvalue weighted by atomic mass is 9.87. The Balaban J connectivity index is 1.34. The molecule has 0 radical (unpaired) electrons. The summed E-state index contributed by atoms with van der Waals surface area (Å²) in [6.45, 7) is 3.31. The smallest absolute Gasteiger partial charge is 0.325 e. The quantitative estimate of drug-likeness (QED) is 0.620. The molecule has 2 aromatic rings. The van der Waals surface area contributed by atoms with E-state index >= 15 is 0 Å². The molecule has 0 aromatic heterocycles. The molecule has 1 N–H and O–H groups in total. The number of hydrogen-bond acceptors (Lipinski definition) is 6. The average molecular weight is 494 g/mol. The van der Waals surface area contributed by atoms with Crippen molar-refractivity contribution < 1.29 is 28.6 Å². The second-order valence-electron chi connectivity index (χ2n) is 9.31. The zero-order valence-corrected chi connectivity index (χ0v) is 20.6. The van der Waals surface area contributed by atoms with Crippen LogP contribution in [0.5, 0.6) is 17.2 Å². The maximum Gasteiger partial charge on any atom is 0.325 e. The summed E-state index contributed by atoms with van der Waals surface area (Å²) in [5, 5.41) is 2.85. The van der Waals surface area contributed by atoms with Gasteiger partial charge in [0, 0.05) is 13.0 Å². The third-order valence-corrected chi connectivity index (χ3v) is 7.31. The van der Waals surface area contributed by atoms with Gasteiger partial charge in [-0.3, -0.25) is 14.5 Å². The fraction of sp³-hybridized carbons (Fsp3) is 0.444. The summed E-state index contributed by atoms with van der Waals surface area (Å²) < 4.78 is 16.8. The van der Waals surface area contributed by atoms with Crippen LogP contribution in [-0.2, 0) is 15.1 Å². The van der Waals surface area contributed by atoms with Crippen molar-refractivity contribution in [3.63, 3.8) is 0 Å². The molecule has 9 heteroatoms. The lowest BCUT2D eigenvalue weighted by Gasteiger charge is -2.28. The highest BCUT2D eigenvalue weighted by Crippen LogP contribution is 2.39. The van der Waals surface area contributed by atoms with Gasteiger partial charge < -0.3 is 24.4 Å². The molecule has 2 saturated heterocycles. The monoisotopic (exact) mass is 493 g/mol. The van der Waals surface area contributed by atoms with Gasteiger partial charge in [-0.25, -0.2) is 4.79 Å². The van der Waals surface area contributed by atoms with Crippen LogP contribution in [0.15, 0.2) is 42.5 Å². The van der Waals surface area contributed by atoms with Crippen molar-refractivity contribution in [2.24, 2.45) is 0 Å². The van der Waals surface area contributed by atoms with Crippen LogP contribution in [0.1, 0.15) is 49.8 Å². The van der Waals surface area contributed by atoms with Crippen LogP contribution in [-0.4, -0.2) is 61.1 Å². The maximum absolute atomic E-state index is 13.5. The van der Waals surface area contributed by atoms with Crippen molar-refractivity contribution in [3.8, 4) is 17.2 Å². The van der Waals surface area contributed by atoms with Gasteiger partial charge in [0.25, 0.3) is 5.91 Å². The van der Waals surface area contributed by atoms with Crippen molar-refractivity contribution in [2.75, 3.05) is 33.4 Å². The van der Waals surface area contributed by atoms with Gasteiger partial charge in [-0.05, 0) is 54.7 Å². The number of nitrogens with zero attached hydrogens (tertiary/aromatic N) is 2. The van der Waals surface area contributed by atoms with E-state index in [1.54, 1.807) is 36.3 Å². The average Bonchev–Trinajstić information content (AvgIpc) is 3.39. The molecule has 0 aliphatic carbocycles. The van der Waals surface area contributed by atoms with E-state index in [9.17, 15) is 14.4 Å². The molecule has 2 fully saturated rings. The third kappa shape index (κ3) is 4.12. The van der Waals surface area contributed by atoms with E-state index in [1.807, 2.05) is 25.1 Å². The molecule has 3 aliphatic heterocycles. The Hall–Kier alpha value is -3.75. The van der Waals surface area contributed by atoms with Crippen molar-refractivity contribution in [2.45, 2.75) is 44.2 Å². The van der Waals surface area contributed by atoms with Crippen LogP contribution in [0.25, 0.3) is 0 Å². The molecule has 3 aliphatic rings. The summed E-state index contributed by atoms with van der Waals surface area (Å²) >= 11 is 0. The second-order valence-corrected chi connectivity index (χ2v) is 9.31. The minimum atomic E-state index is -1.21. The zero-order chi connectivity index (χ0) is 25.3. The number of imide groups is 1. The first-order valence-electron chi connectivity index (χ1n) is 12.4. The molecular formula is C27H31N3O6. The fourth-order valence-electron chi connectivity index (χ4n) is 5.31. The van der Waals surface area contributed by atoms with E-state index in [-0.39, 0.29) is 18.5 Å². The molecule has 2 aromatic carbocycles. The normalized spacial score (nSPS) is 23.4. The van der Waals surface area contributed by atoms with Gasteiger partial charge in [-0.1, -0.05) is 25.1 Å². The number of likely N-dealkylation sites (tertiary alicyclic amines) is 1. The number of nitrogens with one attached hydrogen (secondary N) is 1. The van der Waals surface area contributed by atoms with Crippen LogP contribution in [0, 0.1) is 0 Å². The van der Waals surface area contributed by atoms with Gasteiger partial charge in [-0.15, -0.1) is 0 Å². The number of methoxy groups -OCH3 is 1. The van der Waals surface area contributed by atoms with Gasteiger partial charge in [0.2, 0.25) is 5.91 Å². The summed E-state index contributed by atoms with van der Waals surface area (Å²) in [6.07, 6.45) is 2.82. The first kappa shape index (κ1) is 24.0. The van der Waals surface area contributed by atoms with Crippen LogP contribution in [0.2, 0.25) is 0 Å². The van der Waals surface area contributed by atoms with Crippen LogP contribution < -0.4 is 19.5 Å². The number of carbonyl (C=O) groups excluding carboxylic acids is 3.